The van der Waals surface area contributed by atoms with Crippen molar-refractivity contribution in [3.8, 4) is 5.69 Å². The van der Waals surface area contributed by atoms with Gasteiger partial charge in [-0.2, -0.15) is 0 Å². The van der Waals surface area contributed by atoms with E-state index in [1.54, 1.807) is 18.5 Å². The number of anilines is 1. The maximum atomic E-state index is 12.3. The predicted molar refractivity (Wildman–Crippen MR) is 115 cm³/mol. The Balaban J connectivity index is 1.58. The SMILES string of the molecule is CCOC(=O)Cc1csc(NC(=O)CSc2nccn2-c2cccc(Cl)c2C)n1. The third kappa shape index (κ3) is 5.59. The largest absolute Gasteiger partial charge is 0.466 e. The number of ether oxygens (including phenoxy) is 1. The molecular formula is C19H19ClN4O3S2. The van der Waals surface area contributed by atoms with E-state index < -0.39 is 0 Å². The van der Waals surface area contributed by atoms with Gasteiger partial charge in [-0.1, -0.05) is 29.4 Å². The van der Waals surface area contributed by atoms with Crippen molar-refractivity contribution in [2.24, 2.45) is 0 Å². The highest BCUT2D eigenvalue weighted by Gasteiger charge is 2.14. The van der Waals surface area contributed by atoms with Crippen LogP contribution in [0.1, 0.15) is 18.2 Å². The molecule has 0 bridgehead atoms. The fraction of sp³-hybridized carbons (Fsp3) is 0.263. The Morgan fingerprint density at radius 3 is 3.00 bits per heavy atom. The fourth-order valence-electron chi connectivity index (χ4n) is 2.53. The first-order valence-electron chi connectivity index (χ1n) is 8.79. The number of esters is 1. The van der Waals surface area contributed by atoms with Gasteiger partial charge in [-0.15, -0.1) is 11.3 Å². The van der Waals surface area contributed by atoms with Gasteiger partial charge < -0.3 is 10.1 Å². The van der Waals surface area contributed by atoms with Gasteiger partial charge in [-0.05, 0) is 31.5 Å². The molecule has 0 spiro atoms. The number of nitrogens with one attached hydrogen (secondary N) is 1. The average Bonchev–Trinajstić information content (AvgIpc) is 3.32. The number of thiazole rings is 1. The molecule has 0 unspecified atom stereocenters. The first-order chi connectivity index (χ1) is 14.0. The Morgan fingerprint density at radius 1 is 1.38 bits per heavy atom. The summed E-state index contributed by atoms with van der Waals surface area (Å²) in [6.45, 7) is 4.02. The lowest BCUT2D eigenvalue weighted by atomic mass is 10.2. The topological polar surface area (TPSA) is 86.1 Å². The van der Waals surface area contributed by atoms with Crippen LogP contribution in [0.25, 0.3) is 5.69 Å². The zero-order chi connectivity index (χ0) is 20.8. The van der Waals surface area contributed by atoms with Crippen LogP contribution in [-0.4, -0.2) is 38.8 Å². The van der Waals surface area contributed by atoms with Gasteiger partial charge in [-0.3, -0.25) is 14.2 Å². The maximum absolute atomic E-state index is 12.3. The van der Waals surface area contributed by atoms with Crippen molar-refractivity contribution in [2.45, 2.75) is 25.4 Å². The van der Waals surface area contributed by atoms with Gasteiger partial charge >= 0.3 is 5.97 Å². The van der Waals surface area contributed by atoms with Gasteiger partial charge in [0, 0.05) is 22.8 Å². The Bertz CT molecular complexity index is 1020. The van der Waals surface area contributed by atoms with Crippen molar-refractivity contribution in [3.63, 3.8) is 0 Å². The lowest BCUT2D eigenvalue weighted by molar-refractivity contribution is -0.142. The minimum atomic E-state index is -0.339. The molecule has 0 aliphatic carbocycles. The average molecular weight is 451 g/mol. The lowest BCUT2D eigenvalue weighted by Gasteiger charge is -2.11. The summed E-state index contributed by atoms with van der Waals surface area (Å²) in [5, 5.41) is 6.29. The van der Waals surface area contributed by atoms with E-state index in [4.69, 9.17) is 16.3 Å². The molecule has 10 heteroatoms. The zero-order valence-corrected chi connectivity index (χ0v) is 18.2. The van der Waals surface area contributed by atoms with Crippen molar-refractivity contribution < 1.29 is 14.3 Å². The van der Waals surface area contributed by atoms with Crippen LogP contribution in [0.3, 0.4) is 0 Å². The highest BCUT2D eigenvalue weighted by Crippen LogP contribution is 2.26. The summed E-state index contributed by atoms with van der Waals surface area (Å²) in [7, 11) is 0. The van der Waals surface area contributed by atoms with E-state index in [1.165, 1.54) is 23.1 Å². The summed E-state index contributed by atoms with van der Waals surface area (Å²) in [6, 6.07) is 5.66. The number of rotatable bonds is 8. The van der Waals surface area contributed by atoms with Crippen molar-refractivity contribution in [3.05, 3.63) is 52.3 Å². The Morgan fingerprint density at radius 2 is 2.21 bits per heavy atom. The van der Waals surface area contributed by atoms with E-state index in [-0.39, 0.29) is 24.1 Å². The van der Waals surface area contributed by atoms with Gasteiger partial charge in [0.1, 0.15) is 0 Å². The summed E-state index contributed by atoms with van der Waals surface area (Å²) in [5.41, 5.74) is 2.43. The number of benzene rings is 1. The molecule has 0 fully saturated rings. The molecule has 3 aromatic rings. The zero-order valence-electron chi connectivity index (χ0n) is 15.8. The molecule has 152 valence electrons. The van der Waals surface area contributed by atoms with Gasteiger partial charge in [0.25, 0.3) is 0 Å². The molecule has 7 nitrogen and oxygen atoms in total. The van der Waals surface area contributed by atoms with E-state index in [9.17, 15) is 9.59 Å². The Labute approximate surface area is 181 Å². The number of thioether (sulfide) groups is 1. The van der Waals surface area contributed by atoms with Crippen LogP contribution < -0.4 is 5.32 Å². The number of imidazole rings is 1. The van der Waals surface area contributed by atoms with Crippen LogP contribution in [0, 0.1) is 6.92 Å². The van der Waals surface area contributed by atoms with Crippen LogP contribution in [-0.2, 0) is 20.7 Å². The summed E-state index contributed by atoms with van der Waals surface area (Å²) < 4.78 is 6.80. The molecule has 2 heterocycles. The second-order valence-electron chi connectivity index (χ2n) is 5.93. The van der Waals surface area contributed by atoms with Crippen molar-refractivity contribution in [2.75, 3.05) is 17.7 Å². The first kappa shape index (κ1) is 21.4. The standard InChI is InChI=1S/C19H19ClN4O3S2/c1-3-27-17(26)9-13-10-28-18(22-13)23-16(25)11-29-19-21-7-8-24(19)15-6-4-5-14(20)12(15)2/h4-8,10H,3,9,11H2,1-2H3,(H,22,23,25). The van der Waals surface area contributed by atoms with Crippen LogP contribution in [0.5, 0.6) is 0 Å². The smallest absolute Gasteiger partial charge is 0.311 e. The van der Waals surface area contributed by atoms with Crippen LogP contribution in [0.4, 0.5) is 5.13 Å². The number of hydrogen-bond acceptors (Lipinski definition) is 7. The first-order valence-corrected chi connectivity index (χ1v) is 11.0. The number of carbonyl (C=O) groups is 2. The fourth-order valence-corrected chi connectivity index (χ4v) is 4.19. The molecule has 0 aliphatic rings. The van der Waals surface area contributed by atoms with Gasteiger partial charge in [0.2, 0.25) is 5.91 Å². The minimum Gasteiger partial charge on any atom is -0.466 e. The molecule has 0 radical (unpaired) electrons. The monoisotopic (exact) mass is 450 g/mol. The Hall–Kier alpha value is -2.36. The number of carbonyl (C=O) groups excluding carboxylic acids is 2. The number of amides is 1. The molecule has 1 amide bonds. The second kappa shape index (κ2) is 9.91. The summed E-state index contributed by atoms with van der Waals surface area (Å²) >= 11 is 8.80. The lowest BCUT2D eigenvalue weighted by Crippen LogP contribution is -2.14. The third-order valence-electron chi connectivity index (χ3n) is 3.87. The highest BCUT2D eigenvalue weighted by molar-refractivity contribution is 7.99. The van der Waals surface area contributed by atoms with E-state index in [1.807, 2.05) is 35.9 Å². The van der Waals surface area contributed by atoms with E-state index in [0.29, 0.717) is 27.6 Å². The maximum Gasteiger partial charge on any atom is 0.311 e. The molecule has 0 atom stereocenters. The van der Waals surface area contributed by atoms with Crippen LogP contribution in [0.2, 0.25) is 5.02 Å². The van der Waals surface area contributed by atoms with Crippen LogP contribution in [0.15, 0.2) is 41.1 Å². The summed E-state index contributed by atoms with van der Waals surface area (Å²) in [4.78, 5) is 32.4. The van der Waals surface area contributed by atoms with Crippen molar-refractivity contribution in [1.29, 1.82) is 0 Å². The molecule has 1 aromatic carbocycles. The number of nitrogens with zero attached hydrogens (tertiary/aromatic N) is 3. The quantitative estimate of drug-likeness (QED) is 0.410. The Kier molecular flexibility index (Phi) is 7.29. The van der Waals surface area contributed by atoms with Crippen molar-refractivity contribution in [1.82, 2.24) is 14.5 Å². The number of halogens is 1. The second-order valence-corrected chi connectivity index (χ2v) is 8.13. The highest BCUT2D eigenvalue weighted by atomic mass is 35.5. The normalized spacial score (nSPS) is 10.7. The molecule has 0 saturated heterocycles. The molecule has 29 heavy (non-hydrogen) atoms. The van der Waals surface area contributed by atoms with Crippen LogP contribution >= 0.6 is 34.7 Å². The molecule has 0 aliphatic heterocycles. The summed E-state index contributed by atoms with van der Waals surface area (Å²) in [5.74, 6) is -0.373. The van der Waals surface area contributed by atoms with Gasteiger partial charge in [0.05, 0.1) is 30.2 Å². The minimum absolute atomic E-state index is 0.0887. The van der Waals surface area contributed by atoms with E-state index >= 15 is 0 Å². The number of hydrogen-bond donors (Lipinski definition) is 1. The number of aromatic nitrogens is 3. The van der Waals surface area contributed by atoms with E-state index in [0.717, 1.165) is 11.3 Å². The molecular weight excluding hydrogens is 432 g/mol. The summed E-state index contributed by atoms with van der Waals surface area (Å²) in [6.07, 6.45) is 3.61. The van der Waals surface area contributed by atoms with E-state index in [2.05, 4.69) is 15.3 Å². The van der Waals surface area contributed by atoms with Crippen molar-refractivity contribution >= 4 is 51.7 Å². The third-order valence-corrected chi connectivity index (χ3v) is 6.05. The predicted octanol–water partition coefficient (Wildman–Crippen LogP) is 4.13. The van der Waals surface area contributed by atoms with Gasteiger partial charge in [-0.25, -0.2) is 9.97 Å². The molecule has 1 N–H and O–H groups in total. The van der Waals surface area contributed by atoms with Gasteiger partial charge in [0.15, 0.2) is 10.3 Å². The molecule has 2 aromatic heterocycles. The molecule has 3 rings (SSSR count). The molecule has 0 saturated carbocycles.